The van der Waals surface area contributed by atoms with Crippen molar-refractivity contribution in [1.29, 1.82) is 0 Å². The zero-order valence-corrected chi connectivity index (χ0v) is 13.4. The highest BCUT2D eigenvalue weighted by Gasteiger charge is 2.12. The SMILES string of the molecule is Cc1cc(C(=O)NCC(N)c2ccc(C(C)C)cc2)ns1. The van der Waals surface area contributed by atoms with E-state index < -0.39 is 0 Å². The highest BCUT2D eigenvalue weighted by molar-refractivity contribution is 7.05. The molecule has 2 aromatic rings. The van der Waals surface area contributed by atoms with Gasteiger partial charge in [0.1, 0.15) is 5.69 Å². The highest BCUT2D eigenvalue weighted by Crippen LogP contribution is 2.17. The van der Waals surface area contributed by atoms with Gasteiger partial charge in [-0.1, -0.05) is 38.1 Å². The predicted molar refractivity (Wildman–Crippen MR) is 86.6 cm³/mol. The van der Waals surface area contributed by atoms with Crippen molar-refractivity contribution in [3.8, 4) is 0 Å². The van der Waals surface area contributed by atoms with Crippen molar-refractivity contribution in [2.45, 2.75) is 32.7 Å². The molecule has 0 saturated heterocycles. The Morgan fingerprint density at radius 2 is 1.90 bits per heavy atom. The molecule has 0 spiro atoms. The van der Waals surface area contributed by atoms with E-state index in [1.807, 2.05) is 19.1 Å². The van der Waals surface area contributed by atoms with Crippen LogP contribution >= 0.6 is 11.5 Å². The number of rotatable bonds is 5. The number of nitrogens with two attached hydrogens (primary N) is 1. The second-order valence-corrected chi connectivity index (χ2v) is 6.47. The molecule has 1 heterocycles. The Balaban J connectivity index is 1.92. The third kappa shape index (κ3) is 4.12. The maximum atomic E-state index is 11.9. The number of benzene rings is 1. The Morgan fingerprint density at radius 1 is 1.29 bits per heavy atom. The third-order valence-corrected chi connectivity index (χ3v) is 4.07. The minimum Gasteiger partial charge on any atom is -0.349 e. The van der Waals surface area contributed by atoms with Crippen molar-refractivity contribution >= 4 is 17.4 Å². The molecule has 1 unspecified atom stereocenters. The molecule has 0 aliphatic heterocycles. The molecule has 0 aliphatic carbocycles. The largest absolute Gasteiger partial charge is 0.349 e. The van der Waals surface area contributed by atoms with E-state index >= 15 is 0 Å². The fraction of sp³-hybridized carbons (Fsp3) is 0.375. The van der Waals surface area contributed by atoms with E-state index in [9.17, 15) is 4.79 Å². The van der Waals surface area contributed by atoms with Gasteiger partial charge in [-0.2, -0.15) is 4.37 Å². The molecule has 1 aromatic heterocycles. The topological polar surface area (TPSA) is 68.0 Å². The van der Waals surface area contributed by atoms with E-state index in [4.69, 9.17) is 5.73 Å². The second-order valence-electron chi connectivity index (χ2n) is 5.46. The lowest BCUT2D eigenvalue weighted by Gasteiger charge is -2.14. The molecule has 3 N–H and O–H groups in total. The van der Waals surface area contributed by atoms with Gasteiger partial charge in [0.05, 0.1) is 0 Å². The maximum Gasteiger partial charge on any atom is 0.271 e. The molecule has 112 valence electrons. The van der Waals surface area contributed by atoms with E-state index in [0.717, 1.165) is 10.4 Å². The van der Waals surface area contributed by atoms with Crippen molar-refractivity contribution in [2.75, 3.05) is 6.54 Å². The molecule has 2 rings (SSSR count). The van der Waals surface area contributed by atoms with Crippen molar-refractivity contribution in [2.24, 2.45) is 5.73 Å². The predicted octanol–water partition coefficient (Wildman–Crippen LogP) is 3.00. The smallest absolute Gasteiger partial charge is 0.271 e. The van der Waals surface area contributed by atoms with Crippen LogP contribution in [0.25, 0.3) is 0 Å². The average molecular weight is 303 g/mol. The molecule has 0 fully saturated rings. The van der Waals surface area contributed by atoms with Gasteiger partial charge in [-0.15, -0.1) is 0 Å². The van der Waals surface area contributed by atoms with Crippen molar-refractivity contribution in [3.63, 3.8) is 0 Å². The van der Waals surface area contributed by atoms with E-state index in [0.29, 0.717) is 18.2 Å². The van der Waals surface area contributed by atoms with E-state index in [2.05, 4.69) is 35.7 Å². The standard InChI is InChI=1S/C16H21N3OS/c1-10(2)12-4-6-13(7-5-12)14(17)9-18-16(20)15-8-11(3)21-19-15/h4-8,10,14H,9,17H2,1-3H3,(H,18,20). The van der Waals surface area contributed by atoms with Crippen molar-refractivity contribution in [1.82, 2.24) is 9.69 Å². The minimum absolute atomic E-state index is 0.173. The van der Waals surface area contributed by atoms with Crippen LogP contribution < -0.4 is 11.1 Å². The molecule has 0 aliphatic rings. The highest BCUT2D eigenvalue weighted by atomic mass is 32.1. The van der Waals surface area contributed by atoms with Gasteiger partial charge in [-0.05, 0) is 41.6 Å². The number of nitrogens with one attached hydrogen (secondary N) is 1. The van der Waals surface area contributed by atoms with Gasteiger partial charge < -0.3 is 11.1 Å². The zero-order valence-electron chi connectivity index (χ0n) is 12.6. The number of carbonyl (C=O) groups excluding carboxylic acids is 1. The van der Waals surface area contributed by atoms with Gasteiger partial charge in [0, 0.05) is 17.5 Å². The molecule has 1 amide bonds. The Bertz CT molecular complexity index is 604. The van der Waals surface area contributed by atoms with Crippen LogP contribution in [0.3, 0.4) is 0 Å². The van der Waals surface area contributed by atoms with Crippen LogP contribution in [0.4, 0.5) is 0 Å². The summed E-state index contributed by atoms with van der Waals surface area (Å²) >= 11 is 1.33. The molecule has 0 saturated carbocycles. The van der Waals surface area contributed by atoms with E-state index in [1.54, 1.807) is 6.07 Å². The van der Waals surface area contributed by atoms with Crippen LogP contribution in [-0.2, 0) is 0 Å². The first-order valence-corrected chi connectivity index (χ1v) is 7.81. The first-order valence-electron chi connectivity index (χ1n) is 7.04. The molecule has 5 heteroatoms. The lowest BCUT2D eigenvalue weighted by Crippen LogP contribution is -2.32. The number of amides is 1. The fourth-order valence-corrected chi connectivity index (χ4v) is 2.55. The summed E-state index contributed by atoms with van der Waals surface area (Å²) in [4.78, 5) is 12.9. The lowest BCUT2D eigenvalue weighted by molar-refractivity contribution is 0.0947. The van der Waals surface area contributed by atoms with Crippen LogP contribution in [0.5, 0.6) is 0 Å². The second kappa shape index (κ2) is 6.83. The van der Waals surface area contributed by atoms with E-state index in [1.165, 1.54) is 17.1 Å². The summed E-state index contributed by atoms with van der Waals surface area (Å²) < 4.78 is 4.09. The van der Waals surface area contributed by atoms with Gasteiger partial charge >= 0.3 is 0 Å². The van der Waals surface area contributed by atoms with Crippen LogP contribution in [0.2, 0.25) is 0 Å². The zero-order chi connectivity index (χ0) is 15.4. The van der Waals surface area contributed by atoms with Crippen molar-refractivity contribution in [3.05, 3.63) is 52.0 Å². The van der Waals surface area contributed by atoms with Crippen molar-refractivity contribution < 1.29 is 4.79 Å². The quantitative estimate of drug-likeness (QED) is 0.892. The normalized spacial score (nSPS) is 12.4. The summed E-state index contributed by atoms with van der Waals surface area (Å²) in [6.07, 6.45) is 0. The van der Waals surface area contributed by atoms with Crippen LogP contribution in [0, 0.1) is 6.92 Å². The first-order chi connectivity index (χ1) is 9.97. The summed E-state index contributed by atoms with van der Waals surface area (Å²) in [7, 11) is 0. The Hall–Kier alpha value is -1.72. The summed E-state index contributed by atoms with van der Waals surface area (Å²) in [6, 6.07) is 9.80. The third-order valence-electron chi connectivity index (χ3n) is 3.37. The average Bonchev–Trinajstić information content (AvgIpc) is 2.91. The molecule has 0 radical (unpaired) electrons. The maximum absolute atomic E-state index is 11.9. The fourth-order valence-electron chi connectivity index (χ4n) is 2.01. The summed E-state index contributed by atoms with van der Waals surface area (Å²) in [5.41, 5.74) is 8.89. The number of hydrogen-bond donors (Lipinski definition) is 2. The monoisotopic (exact) mass is 303 g/mol. The number of hydrogen-bond acceptors (Lipinski definition) is 4. The molecule has 1 atom stereocenters. The molecular weight excluding hydrogens is 282 g/mol. The Labute approximate surface area is 129 Å². The molecule has 21 heavy (non-hydrogen) atoms. The lowest BCUT2D eigenvalue weighted by atomic mass is 9.99. The Morgan fingerprint density at radius 3 is 2.43 bits per heavy atom. The minimum atomic E-state index is -0.213. The molecule has 0 bridgehead atoms. The summed E-state index contributed by atoms with van der Waals surface area (Å²) in [5, 5.41) is 2.83. The van der Waals surface area contributed by atoms with Crippen LogP contribution in [0.1, 0.15) is 52.3 Å². The molecule has 4 nitrogen and oxygen atoms in total. The van der Waals surface area contributed by atoms with Crippen LogP contribution in [0.15, 0.2) is 30.3 Å². The van der Waals surface area contributed by atoms with Gasteiger partial charge in [-0.25, -0.2) is 0 Å². The molecule has 1 aromatic carbocycles. The van der Waals surface area contributed by atoms with Gasteiger partial charge in [0.25, 0.3) is 5.91 Å². The number of aromatic nitrogens is 1. The van der Waals surface area contributed by atoms with Crippen LogP contribution in [-0.4, -0.2) is 16.8 Å². The van der Waals surface area contributed by atoms with Gasteiger partial charge in [-0.3, -0.25) is 4.79 Å². The molecular formula is C16H21N3OS. The number of nitrogens with zero attached hydrogens (tertiary/aromatic N) is 1. The van der Waals surface area contributed by atoms with Gasteiger partial charge in [0.15, 0.2) is 0 Å². The summed E-state index contributed by atoms with van der Waals surface area (Å²) in [6.45, 7) is 6.64. The number of aryl methyl sites for hydroxylation is 1. The summed E-state index contributed by atoms with van der Waals surface area (Å²) in [5.74, 6) is 0.330. The van der Waals surface area contributed by atoms with E-state index in [-0.39, 0.29) is 11.9 Å². The first kappa shape index (κ1) is 15.7. The Kier molecular flexibility index (Phi) is 5.09. The van der Waals surface area contributed by atoms with Gasteiger partial charge in [0.2, 0.25) is 0 Å². The number of carbonyl (C=O) groups is 1.